The van der Waals surface area contributed by atoms with Gasteiger partial charge in [0.1, 0.15) is 5.69 Å². The second kappa shape index (κ2) is 5.79. The molecule has 2 aliphatic rings. The second-order valence-electron chi connectivity index (χ2n) is 7.55. The van der Waals surface area contributed by atoms with Crippen LogP contribution in [0.1, 0.15) is 35.7 Å². The molecule has 27 heavy (non-hydrogen) atoms. The van der Waals surface area contributed by atoms with E-state index in [1.807, 2.05) is 22.7 Å². The average Bonchev–Trinajstić information content (AvgIpc) is 3.41. The minimum Gasteiger partial charge on any atom is -0.463 e. The number of benzene rings is 1. The molecule has 1 aromatic carbocycles. The first-order valence-corrected chi connectivity index (χ1v) is 9.58. The highest BCUT2D eigenvalue weighted by Crippen LogP contribution is 2.44. The van der Waals surface area contributed by atoms with Crippen LogP contribution < -0.4 is 0 Å². The van der Waals surface area contributed by atoms with Gasteiger partial charge in [-0.25, -0.2) is 9.50 Å². The van der Waals surface area contributed by atoms with E-state index >= 15 is 0 Å². The normalized spacial score (nSPS) is 21.6. The second-order valence-corrected chi connectivity index (χ2v) is 7.55. The van der Waals surface area contributed by atoms with Crippen LogP contribution in [0.4, 0.5) is 0 Å². The van der Waals surface area contributed by atoms with Gasteiger partial charge in [-0.15, -0.1) is 0 Å². The summed E-state index contributed by atoms with van der Waals surface area (Å²) in [7, 11) is 0. The molecule has 6 rings (SSSR count). The van der Waals surface area contributed by atoms with Gasteiger partial charge in [-0.1, -0.05) is 30.3 Å². The number of hydrogen-bond acceptors (Lipinski definition) is 4. The van der Waals surface area contributed by atoms with Crippen LogP contribution in [-0.2, 0) is 13.0 Å². The fourth-order valence-electron chi connectivity index (χ4n) is 4.77. The molecule has 0 saturated carbocycles. The maximum absolute atomic E-state index is 5.52. The molecule has 5 nitrogen and oxygen atoms in total. The van der Waals surface area contributed by atoms with Crippen molar-refractivity contribution in [2.45, 2.75) is 37.9 Å². The summed E-state index contributed by atoms with van der Waals surface area (Å²) in [5.74, 6) is 0.790. The Bertz CT molecular complexity index is 1100. The fourth-order valence-corrected chi connectivity index (χ4v) is 4.77. The van der Waals surface area contributed by atoms with Gasteiger partial charge in [0.05, 0.1) is 12.0 Å². The molecule has 0 aliphatic carbocycles. The van der Waals surface area contributed by atoms with E-state index in [-0.39, 0.29) is 0 Å². The summed E-state index contributed by atoms with van der Waals surface area (Å²) in [6.45, 7) is 1.00. The van der Waals surface area contributed by atoms with Crippen molar-refractivity contribution in [2.75, 3.05) is 0 Å². The lowest BCUT2D eigenvalue weighted by atomic mass is 9.98. The van der Waals surface area contributed by atoms with Gasteiger partial charge >= 0.3 is 0 Å². The minimum atomic E-state index is 0.437. The molecular weight excluding hydrogens is 336 g/mol. The summed E-state index contributed by atoms with van der Waals surface area (Å²) < 4.78 is 7.56. The van der Waals surface area contributed by atoms with E-state index in [4.69, 9.17) is 14.5 Å². The summed E-state index contributed by atoms with van der Waals surface area (Å²) >= 11 is 0. The van der Waals surface area contributed by atoms with Gasteiger partial charge in [-0.05, 0) is 30.5 Å². The number of nitrogens with zero attached hydrogens (tertiary/aromatic N) is 4. The molecule has 3 aromatic heterocycles. The Labute approximate surface area is 157 Å². The molecule has 1 saturated heterocycles. The van der Waals surface area contributed by atoms with Crippen LogP contribution in [0.5, 0.6) is 0 Å². The summed E-state index contributed by atoms with van der Waals surface area (Å²) in [5.41, 5.74) is 5.78. The zero-order chi connectivity index (χ0) is 17.8. The maximum atomic E-state index is 5.52. The van der Waals surface area contributed by atoms with E-state index in [9.17, 15) is 0 Å². The molecule has 0 unspecified atom stereocenters. The van der Waals surface area contributed by atoms with E-state index in [0.29, 0.717) is 12.1 Å². The SMILES string of the molecule is c1ccc(CN2[C@@H]3CC[C@@H]2c2cnc4cc(-c5ccco5)nn4c2C3)cc1. The maximum Gasteiger partial charge on any atom is 0.155 e. The third-order valence-electron chi connectivity index (χ3n) is 6.03. The molecule has 134 valence electrons. The summed E-state index contributed by atoms with van der Waals surface area (Å²) in [4.78, 5) is 7.37. The van der Waals surface area contributed by atoms with Crippen LogP contribution >= 0.6 is 0 Å². The van der Waals surface area contributed by atoms with Crippen molar-refractivity contribution in [3.05, 3.63) is 77.8 Å². The molecule has 2 aliphatic heterocycles. The topological polar surface area (TPSA) is 46.6 Å². The molecule has 0 spiro atoms. The van der Waals surface area contributed by atoms with Crippen LogP contribution in [0.3, 0.4) is 0 Å². The number of rotatable bonds is 3. The number of fused-ring (bicyclic) bond motifs is 6. The van der Waals surface area contributed by atoms with Crippen LogP contribution in [0.15, 0.2) is 65.4 Å². The summed E-state index contributed by atoms with van der Waals surface area (Å²) in [6.07, 6.45) is 7.22. The van der Waals surface area contributed by atoms with E-state index in [2.05, 4.69) is 41.4 Å². The first kappa shape index (κ1) is 15.2. The molecule has 0 N–H and O–H groups in total. The molecule has 1 fully saturated rings. The Morgan fingerprint density at radius 3 is 2.85 bits per heavy atom. The zero-order valence-electron chi connectivity index (χ0n) is 15.0. The van der Waals surface area contributed by atoms with Crippen molar-refractivity contribution in [1.29, 1.82) is 0 Å². The van der Waals surface area contributed by atoms with Gasteiger partial charge in [0.15, 0.2) is 11.4 Å². The van der Waals surface area contributed by atoms with Gasteiger partial charge in [0.25, 0.3) is 0 Å². The fraction of sp³-hybridized carbons (Fsp3) is 0.273. The Kier molecular flexibility index (Phi) is 3.25. The first-order chi connectivity index (χ1) is 13.4. The van der Waals surface area contributed by atoms with Crippen LogP contribution in [0, 0.1) is 0 Å². The van der Waals surface area contributed by atoms with Crippen LogP contribution in [-0.4, -0.2) is 25.5 Å². The Morgan fingerprint density at radius 2 is 2.00 bits per heavy atom. The standard InChI is InChI=1S/C22H20N4O/c1-2-5-15(6-3-1)14-25-16-8-9-19(25)17-13-23-22-12-18(21-7-4-10-27-21)24-26(22)20(17)11-16/h1-7,10,12-13,16,19H,8-9,11,14H2/t16-,19-/m1/s1. The number of hydrogen-bond donors (Lipinski definition) is 0. The molecule has 5 heteroatoms. The van der Waals surface area contributed by atoms with Crippen molar-refractivity contribution in [3.8, 4) is 11.5 Å². The molecule has 5 heterocycles. The smallest absolute Gasteiger partial charge is 0.155 e. The lowest BCUT2D eigenvalue weighted by molar-refractivity contribution is 0.165. The Morgan fingerprint density at radius 1 is 1.07 bits per heavy atom. The largest absolute Gasteiger partial charge is 0.463 e. The van der Waals surface area contributed by atoms with Gasteiger partial charge in [-0.3, -0.25) is 4.90 Å². The quantitative estimate of drug-likeness (QED) is 0.550. The van der Waals surface area contributed by atoms with E-state index < -0.39 is 0 Å². The van der Waals surface area contributed by atoms with Crippen molar-refractivity contribution in [1.82, 2.24) is 19.5 Å². The molecule has 0 radical (unpaired) electrons. The average molecular weight is 356 g/mol. The van der Waals surface area contributed by atoms with E-state index in [1.54, 1.807) is 6.26 Å². The van der Waals surface area contributed by atoms with Gasteiger partial charge in [0.2, 0.25) is 0 Å². The highest BCUT2D eigenvalue weighted by molar-refractivity contribution is 5.59. The summed E-state index contributed by atoms with van der Waals surface area (Å²) in [6, 6.07) is 17.6. The third-order valence-corrected chi connectivity index (χ3v) is 6.03. The molecular formula is C22H20N4O. The molecule has 4 aromatic rings. The summed E-state index contributed by atoms with van der Waals surface area (Å²) in [5, 5.41) is 4.82. The minimum absolute atomic E-state index is 0.437. The van der Waals surface area contributed by atoms with Gasteiger partial charge < -0.3 is 4.42 Å². The first-order valence-electron chi connectivity index (χ1n) is 9.58. The van der Waals surface area contributed by atoms with Crippen molar-refractivity contribution in [2.24, 2.45) is 0 Å². The number of aromatic nitrogens is 3. The lowest BCUT2D eigenvalue weighted by Crippen LogP contribution is -2.38. The molecule has 2 bridgehead atoms. The van der Waals surface area contributed by atoms with E-state index in [0.717, 1.165) is 30.1 Å². The van der Waals surface area contributed by atoms with Crippen molar-refractivity contribution >= 4 is 5.65 Å². The Hall–Kier alpha value is -2.92. The Balaban J connectivity index is 1.41. The lowest BCUT2D eigenvalue weighted by Gasteiger charge is -2.36. The number of furan rings is 1. The third kappa shape index (κ3) is 2.35. The van der Waals surface area contributed by atoms with Crippen molar-refractivity contribution < 1.29 is 4.42 Å². The van der Waals surface area contributed by atoms with Crippen LogP contribution in [0.2, 0.25) is 0 Å². The van der Waals surface area contributed by atoms with E-state index in [1.165, 1.54) is 29.7 Å². The molecule has 0 amide bonds. The predicted octanol–water partition coefficient (Wildman–Crippen LogP) is 4.25. The highest BCUT2D eigenvalue weighted by atomic mass is 16.3. The van der Waals surface area contributed by atoms with Crippen LogP contribution in [0.25, 0.3) is 17.1 Å². The predicted molar refractivity (Wildman–Crippen MR) is 102 cm³/mol. The zero-order valence-corrected chi connectivity index (χ0v) is 15.0. The van der Waals surface area contributed by atoms with Gasteiger partial charge in [0, 0.05) is 42.9 Å². The monoisotopic (exact) mass is 356 g/mol. The molecule has 2 atom stereocenters. The van der Waals surface area contributed by atoms with Gasteiger partial charge in [-0.2, -0.15) is 5.10 Å². The van der Waals surface area contributed by atoms with Crippen molar-refractivity contribution in [3.63, 3.8) is 0 Å². The highest BCUT2D eigenvalue weighted by Gasteiger charge is 2.41.